The molecule has 7 heteroatoms. The van der Waals surface area contributed by atoms with Gasteiger partial charge in [0.2, 0.25) is 11.9 Å². The van der Waals surface area contributed by atoms with Crippen molar-refractivity contribution in [1.82, 2.24) is 19.3 Å². The average Bonchev–Trinajstić information content (AvgIpc) is 3.20. The molecule has 158 valence electrons. The Morgan fingerprint density at radius 2 is 1.77 bits per heavy atom. The molecule has 0 aliphatic carbocycles. The molecule has 1 aliphatic rings. The van der Waals surface area contributed by atoms with Crippen molar-refractivity contribution in [2.45, 2.75) is 20.3 Å². The zero-order valence-electron chi connectivity index (χ0n) is 17.9. The molecule has 0 saturated carbocycles. The largest absolute Gasteiger partial charge is 0.369 e. The number of nitrogens with two attached hydrogens (primary N) is 1. The molecule has 3 heterocycles. The van der Waals surface area contributed by atoms with E-state index in [1.165, 1.54) is 11.3 Å². The number of benzene rings is 2. The lowest BCUT2D eigenvalue weighted by Crippen LogP contribution is -2.48. The van der Waals surface area contributed by atoms with E-state index in [-0.39, 0.29) is 5.91 Å². The number of anilines is 2. The Morgan fingerprint density at radius 1 is 1.03 bits per heavy atom. The van der Waals surface area contributed by atoms with Crippen molar-refractivity contribution >= 4 is 34.1 Å². The summed E-state index contributed by atoms with van der Waals surface area (Å²) in [7, 11) is 0. The molecule has 0 radical (unpaired) electrons. The van der Waals surface area contributed by atoms with Crippen molar-refractivity contribution in [1.29, 1.82) is 0 Å². The summed E-state index contributed by atoms with van der Waals surface area (Å²) in [6.45, 7) is 6.96. The van der Waals surface area contributed by atoms with Crippen molar-refractivity contribution < 1.29 is 4.79 Å². The molecule has 2 aromatic carbocycles. The minimum atomic E-state index is 0.154. The number of piperazine rings is 1. The quantitative estimate of drug-likeness (QED) is 0.557. The fraction of sp³-hybridized carbons (Fsp3) is 0.292. The highest BCUT2D eigenvalue weighted by atomic mass is 16.2. The van der Waals surface area contributed by atoms with Crippen LogP contribution in [0, 0.1) is 6.92 Å². The van der Waals surface area contributed by atoms with Gasteiger partial charge in [-0.1, -0.05) is 24.3 Å². The maximum atomic E-state index is 11.5. The van der Waals surface area contributed by atoms with E-state index in [9.17, 15) is 4.79 Å². The average molecular weight is 415 g/mol. The van der Waals surface area contributed by atoms with Crippen LogP contribution in [0.25, 0.3) is 16.6 Å². The number of aromatic nitrogens is 3. The SMILES string of the molecule is CC(=O)N1CCN(c2ccc(Cc3cn4c(N)nc5c(C)cccc5c4n3)cc2)CC1. The Morgan fingerprint density at radius 3 is 2.48 bits per heavy atom. The Bertz CT molecular complexity index is 1270. The predicted molar refractivity (Wildman–Crippen MR) is 123 cm³/mol. The first-order chi connectivity index (χ1) is 15.0. The molecule has 4 aromatic rings. The van der Waals surface area contributed by atoms with E-state index in [0.717, 1.165) is 60.4 Å². The smallest absolute Gasteiger partial charge is 0.219 e. The third-order valence-electron chi connectivity index (χ3n) is 6.12. The Hall–Kier alpha value is -3.61. The lowest BCUT2D eigenvalue weighted by molar-refractivity contribution is -0.129. The fourth-order valence-corrected chi connectivity index (χ4v) is 4.35. The molecule has 0 spiro atoms. The molecule has 1 amide bonds. The number of imidazole rings is 1. The summed E-state index contributed by atoms with van der Waals surface area (Å²) >= 11 is 0. The molecule has 2 aromatic heterocycles. The van der Waals surface area contributed by atoms with Crippen molar-refractivity contribution in [2.24, 2.45) is 0 Å². The number of carbonyl (C=O) groups excluding carboxylic acids is 1. The summed E-state index contributed by atoms with van der Waals surface area (Å²) in [6.07, 6.45) is 2.71. The third-order valence-corrected chi connectivity index (χ3v) is 6.12. The minimum Gasteiger partial charge on any atom is -0.369 e. The van der Waals surface area contributed by atoms with Gasteiger partial charge in [0.05, 0.1) is 11.2 Å². The van der Waals surface area contributed by atoms with Gasteiger partial charge in [-0.3, -0.25) is 9.20 Å². The number of nitrogens with zero attached hydrogens (tertiary/aromatic N) is 5. The molecule has 1 saturated heterocycles. The summed E-state index contributed by atoms with van der Waals surface area (Å²) < 4.78 is 1.87. The second-order valence-electron chi connectivity index (χ2n) is 8.20. The zero-order valence-corrected chi connectivity index (χ0v) is 17.9. The van der Waals surface area contributed by atoms with E-state index in [1.807, 2.05) is 40.6 Å². The summed E-state index contributed by atoms with van der Waals surface area (Å²) in [6, 6.07) is 14.7. The normalized spacial score (nSPS) is 14.5. The van der Waals surface area contributed by atoms with E-state index in [4.69, 9.17) is 10.7 Å². The number of hydrogen-bond acceptors (Lipinski definition) is 5. The highest BCUT2D eigenvalue weighted by Crippen LogP contribution is 2.24. The minimum absolute atomic E-state index is 0.154. The number of nitrogen functional groups attached to an aromatic ring is 1. The third kappa shape index (κ3) is 3.56. The molecule has 0 unspecified atom stereocenters. The van der Waals surface area contributed by atoms with Gasteiger partial charge in [-0.25, -0.2) is 9.97 Å². The van der Waals surface area contributed by atoms with Crippen LogP contribution >= 0.6 is 0 Å². The number of amides is 1. The summed E-state index contributed by atoms with van der Waals surface area (Å²) in [5.74, 6) is 0.608. The predicted octanol–water partition coefficient (Wildman–Crippen LogP) is 3.03. The summed E-state index contributed by atoms with van der Waals surface area (Å²) in [5.41, 5.74) is 12.4. The highest BCUT2D eigenvalue weighted by Gasteiger charge is 2.19. The topological polar surface area (TPSA) is 79.8 Å². The molecular formula is C24H26N6O. The molecule has 0 bridgehead atoms. The maximum absolute atomic E-state index is 11.5. The first-order valence-corrected chi connectivity index (χ1v) is 10.6. The van der Waals surface area contributed by atoms with Crippen molar-refractivity contribution in [3.05, 3.63) is 65.5 Å². The van der Waals surface area contributed by atoms with Gasteiger partial charge < -0.3 is 15.5 Å². The number of fused-ring (bicyclic) bond motifs is 3. The molecule has 1 aliphatic heterocycles. The molecule has 31 heavy (non-hydrogen) atoms. The van der Waals surface area contributed by atoms with Crippen LogP contribution in [0.4, 0.5) is 11.6 Å². The number of para-hydroxylation sites is 1. The van der Waals surface area contributed by atoms with Crippen molar-refractivity contribution in [2.75, 3.05) is 36.8 Å². The second-order valence-corrected chi connectivity index (χ2v) is 8.20. The fourth-order valence-electron chi connectivity index (χ4n) is 4.35. The van der Waals surface area contributed by atoms with E-state index in [0.29, 0.717) is 5.95 Å². The van der Waals surface area contributed by atoms with E-state index >= 15 is 0 Å². The first kappa shape index (κ1) is 19.4. The Balaban J connectivity index is 1.37. The van der Waals surface area contributed by atoms with Gasteiger partial charge in [-0.05, 0) is 36.2 Å². The van der Waals surface area contributed by atoms with Gasteiger partial charge in [0.15, 0.2) is 0 Å². The van der Waals surface area contributed by atoms with Crippen LogP contribution in [0.15, 0.2) is 48.7 Å². The van der Waals surface area contributed by atoms with Gasteiger partial charge in [-0.15, -0.1) is 0 Å². The molecule has 5 rings (SSSR count). The molecule has 1 fully saturated rings. The van der Waals surface area contributed by atoms with E-state index < -0.39 is 0 Å². The molecular weight excluding hydrogens is 388 g/mol. The van der Waals surface area contributed by atoms with Crippen LogP contribution < -0.4 is 10.6 Å². The van der Waals surface area contributed by atoms with E-state index in [1.54, 1.807) is 6.92 Å². The Labute approximate surface area is 181 Å². The lowest BCUT2D eigenvalue weighted by Gasteiger charge is -2.35. The van der Waals surface area contributed by atoms with Crippen LogP contribution in [0.1, 0.15) is 23.7 Å². The molecule has 2 N–H and O–H groups in total. The second kappa shape index (κ2) is 7.58. The van der Waals surface area contributed by atoms with Crippen LogP contribution in [0.2, 0.25) is 0 Å². The van der Waals surface area contributed by atoms with Crippen LogP contribution in [-0.2, 0) is 11.2 Å². The van der Waals surface area contributed by atoms with Crippen molar-refractivity contribution in [3.63, 3.8) is 0 Å². The standard InChI is InChI=1S/C24H26N6O/c1-16-4-3-5-21-22(16)27-24(25)30-15-19(26-23(21)30)14-18-6-8-20(9-7-18)29-12-10-28(11-13-29)17(2)31/h3-9,15H,10-14H2,1-2H3,(H2,25,27). The Kier molecular flexibility index (Phi) is 4.73. The molecule has 7 nitrogen and oxygen atoms in total. The van der Waals surface area contributed by atoms with Gasteiger partial charge in [-0.2, -0.15) is 0 Å². The summed E-state index contributed by atoms with van der Waals surface area (Å²) in [5, 5.41) is 1.01. The monoisotopic (exact) mass is 414 g/mol. The molecule has 0 atom stereocenters. The number of hydrogen-bond donors (Lipinski definition) is 1. The number of carbonyl (C=O) groups is 1. The van der Waals surface area contributed by atoms with Crippen LogP contribution in [-0.4, -0.2) is 51.4 Å². The highest BCUT2D eigenvalue weighted by molar-refractivity contribution is 5.94. The summed E-state index contributed by atoms with van der Waals surface area (Å²) in [4.78, 5) is 25.2. The maximum Gasteiger partial charge on any atom is 0.219 e. The van der Waals surface area contributed by atoms with Crippen molar-refractivity contribution in [3.8, 4) is 0 Å². The van der Waals surface area contributed by atoms with Gasteiger partial charge >= 0.3 is 0 Å². The van der Waals surface area contributed by atoms with Gasteiger partial charge in [0.1, 0.15) is 5.65 Å². The number of aryl methyl sites for hydroxylation is 1. The zero-order chi connectivity index (χ0) is 21.5. The first-order valence-electron chi connectivity index (χ1n) is 10.6. The van der Waals surface area contributed by atoms with E-state index in [2.05, 4.69) is 34.1 Å². The lowest BCUT2D eigenvalue weighted by atomic mass is 10.1. The van der Waals surface area contributed by atoms with Crippen LogP contribution in [0.3, 0.4) is 0 Å². The van der Waals surface area contributed by atoms with Gasteiger partial charge in [0.25, 0.3) is 0 Å². The van der Waals surface area contributed by atoms with Crippen LogP contribution in [0.5, 0.6) is 0 Å². The number of rotatable bonds is 3. The van der Waals surface area contributed by atoms with Gasteiger partial charge in [0, 0.05) is 56.8 Å².